The SMILES string of the molecule is CC1=C(c2ccc(C#N)cc2)Nc2c(-c3ccc(Cl)cc3Cl)c(C)nn2C1. The average Bonchev–Trinajstić information content (AvgIpc) is 2.96. The Hall–Kier alpha value is -2.74. The highest BCUT2D eigenvalue weighted by Gasteiger charge is 2.24. The molecule has 0 fully saturated rings. The molecule has 1 aliphatic heterocycles. The molecule has 0 amide bonds. The smallest absolute Gasteiger partial charge is 0.137 e. The molecule has 0 radical (unpaired) electrons. The highest BCUT2D eigenvalue weighted by Crippen LogP contribution is 2.40. The standard InChI is InChI=1S/C21H16Cl2N4/c1-12-11-27-21(25-20(12)15-5-3-14(10-24)4-6-15)19(13(2)26-27)17-8-7-16(22)9-18(17)23/h3-9,25H,11H2,1-2H3. The van der Waals surface area contributed by atoms with Gasteiger partial charge in [-0.05, 0) is 49.2 Å². The summed E-state index contributed by atoms with van der Waals surface area (Å²) >= 11 is 12.5. The van der Waals surface area contributed by atoms with Crippen molar-refractivity contribution >= 4 is 34.7 Å². The number of rotatable bonds is 2. The quantitative estimate of drug-likeness (QED) is 0.588. The zero-order chi connectivity index (χ0) is 19.1. The fourth-order valence-corrected chi connectivity index (χ4v) is 3.90. The minimum Gasteiger partial charge on any atom is -0.339 e. The van der Waals surface area contributed by atoms with Gasteiger partial charge in [-0.3, -0.25) is 0 Å². The van der Waals surface area contributed by atoms with Crippen molar-refractivity contribution in [2.24, 2.45) is 0 Å². The van der Waals surface area contributed by atoms with Crippen LogP contribution in [0.2, 0.25) is 10.0 Å². The van der Waals surface area contributed by atoms with Crippen LogP contribution in [0.4, 0.5) is 5.82 Å². The van der Waals surface area contributed by atoms with Crippen LogP contribution in [0.3, 0.4) is 0 Å². The molecule has 2 aromatic carbocycles. The lowest BCUT2D eigenvalue weighted by atomic mass is 10.0. The number of fused-ring (bicyclic) bond motifs is 1. The Morgan fingerprint density at radius 1 is 1.11 bits per heavy atom. The van der Waals surface area contributed by atoms with Gasteiger partial charge in [-0.2, -0.15) is 10.4 Å². The van der Waals surface area contributed by atoms with Gasteiger partial charge in [0.2, 0.25) is 0 Å². The van der Waals surface area contributed by atoms with E-state index < -0.39 is 0 Å². The predicted molar refractivity (Wildman–Crippen MR) is 110 cm³/mol. The van der Waals surface area contributed by atoms with Gasteiger partial charge in [0.25, 0.3) is 0 Å². The fourth-order valence-electron chi connectivity index (χ4n) is 3.40. The van der Waals surface area contributed by atoms with Crippen LogP contribution < -0.4 is 5.32 Å². The van der Waals surface area contributed by atoms with Gasteiger partial charge in [0.05, 0.1) is 28.9 Å². The number of aromatic nitrogens is 2. The van der Waals surface area contributed by atoms with E-state index in [0.717, 1.165) is 33.9 Å². The maximum absolute atomic E-state index is 9.02. The molecule has 4 rings (SSSR count). The van der Waals surface area contributed by atoms with Crippen molar-refractivity contribution in [2.45, 2.75) is 20.4 Å². The number of hydrogen-bond acceptors (Lipinski definition) is 3. The monoisotopic (exact) mass is 394 g/mol. The Balaban J connectivity index is 1.80. The molecule has 1 N–H and O–H groups in total. The Morgan fingerprint density at radius 3 is 2.52 bits per heavy atom. The third kappa shape index (κ3) is 3.10. The first-order valence-corrected chi connectivity index (χ1v) is 9.23. The van der Waals surface area contributed by atoms with Crippen molar-refractivity contribution < 1.29 is 0 Å². The van der Waals surface area contributed by atoms with E-state index in [1.54, 1.807) is 6.07 Å². The number of nitriles is 1. The topological polar surface area (TPSA) is 53.6 Å². The molecule has 4 nitrogen and oxygen atoms in total. The summed E-state index contributed by atoms with van der Waals surface area (Å²) < 4.78 is 1.96. The van der Waals surface area contributed by atoms with Crippen molar-refractivity contribution in [2.75, 3.05) is 5.32 Å². The van der Waals surface area contributed by atoms with Gasteiger partial charge >= 0.3 is 0 Å². The van der Waals surface area contributed by atoms with Gasteiger partial charge in [-0.1, -0.05) is 41.4 Å². The molecule has 0 atom stereocenters. The number of nitrogens with zero attached hydrogens (tertiary/aromatic N) is 3. The molecule has 27 heavy (non-hydrogen) atoms. The van der Waals surface area contributed by atoms with E-state index in [1.807, 2.05) is 48.0 Å². The Labute approximate surface area is 167 Å². The average molecular weight is 395 g/mol. The Kier molecular flexibility index (Phi) is 4.43. The molecule has 3 aromatic rings. The van der Waals surface area contributed by atoms with Crippen LogP contribution in [0.25, 0.3) is 16.8 Å². The van der Waals surface area contributed by atoms with E-state index >= 15 is 0 Å². The van der Waals surface area contributed by atoms with Crippen LogP contribution in [0.15, 0.2) is 48.0 Å². The van der Waals surface area contributed by atoms with Gasteiger partial charge in [-0.15, -0.1) is 0 Å². The molecule has 1 aliphatic rings. The third-order valence-electron chi connectivity index (χ3n) is 4.69. The normalized spacial score (nSPS) is 13.1. The van der Waals surface area contributed by atoms with Gasteiger partial charge in [0.1, 0.15) is 5.82 Å². The number of anilines is 1. The van der Waals surface area contributed by atoms with Crippen LogP contribution in [0.5, 0.6) is 0 Å². The fraction of sp³-hybridized carbons (Fsp3) is 0.143. The van der Waals surface area contributed by atoms with E-state index in [0.29, 0.717) is 22.2 Å². The van der Waals surface area contributed by atoms with E-state index in [-0.39, 0.29) is 0 Å². The van der Waals surface area contributed by atoms with E-state index in [2.05, 4.69) is 23.4 Å². The molecule has 6 heteroatoms. The molecular weight excluding hydrogens is 379 g/mol. The lowest BCUT2D eigenvalue weighted by Crippen LogP contribution is -2.17. The molecule has 0 bridgehead atoms. The number of aryl methyl sites for hydroxylation is 1. The molecule has 2 heterocycles. The molecule has 0 unspecified atom stereocenters. The summed E-state index contributed by atoms with van der Waals surface area (Å²) in [5, 5.41) is 18.4. The van der Waals surface area contributed by atoms with Crippen LogP contribution in [-0.2, 0) is 6.54 Å². The summed E-state index contributed by atoms with van der Waals surface area (Å²) in [7, 11) is 0. The molecule has 134 valence electrons. The lowest BCUT2D eigenvalue weighted by molar-refractivity contribution is 0.670. The van der Waals surface area contributed by atoms with Crippen LogP contribution in [0.1, 0.15) is 23.7 Å². The Morgan fingerprint density at radius 2 is 1.85 bits per heavy atom. The van der Waals surface area contributed by atoms with E-state index in [9.17, 15) is 0 Å². The van der Waals surface area contributed by atoms with Crippen molar-refractivity contribution in [1.82, 2.24) is 9.78 Å². The number of hydrogen-bond donors (Lipinski definition) is 1. The van der Waals surface area contributed by atoms with Gasteiger partial charge in [0, 0.05) is 21.8 Å². The number of benzene rings is 2. The third-order valence-corrected chi connectivity index (χ3v) is 5.24. The van der Waals surface area contributed by atoms with Crippen molar-refractivity contribution in [3.63, 3.8) is 0 Å². The maximum atomic E-state index is 9.02. The zero-order valence-electron chi connectivity index (χ0n) is 14.8. The van der Waals surface area contributed by atoms with Gasteiger partial charge < -0.3 is 5.32 Å². The first-order valence-electron chi connectivity index (χ1n) is 8.48. The van der Waals surface area contributed by atoms with E-state index in [1.165, 1.54) is 5.57 Å². The van der Waals surface area contributed by atoms with Crippen molar-refractivity contribution in [3.05, 3.63) is 74.9 Å². The second-order valence-electron chi connectivity index (χ2n) is 6.56. The second-order valence-corrected chi connectivity index (χ2v) is 7.40. The summed E-state index contributed by atoms with van der Waals surface area (Å²) in [6.45, 7) is 4.74. The molecule has 0 spiro atoms. The molecule has 0 saturated heterocycles. The first-order chi connectivity index (χ1) is 13.0. The zero-order valence-corrected chi connectivity index (χ0v) is 16.4. The summed E-state index contributed by atoms with van der Waals surface area (Å²) in [5.41, 5.74) is 6.63. The number of halogens is 2. The minimum absolute atomic E-state index is 0.592. The lowest BCUT2D eigenvalue weighted by Gasteiger charge is -2.23. The van der Waals surface area contributed by atoms with Gasteiger partial charge in [-0.25, -0.2) is 4.68 Å². The van der Waals surface area contributed by atoms with Crippen molar-refractivity contribution in [3.8, 4) is 17.2 Å². The first kappa shape index (κ1) is 17.7. The molecule has 0 aliphatic carbocycles. The number of nitrogens with one attached hydrogen (secondary N) is 1. The summed E-state index contributed by atoms with van der Waals surface area (Å²) in [6.07, 6.45) is 0. The maximum Gasteiger partial charge on any atom is 0.137 e. The van der Waals surface area contributed by atoms with Crippen LogP contribution in [0, 0.1) is 18.3 Å². The van der Waals surface area contributed by atoms with E-state index in [4.69, 9.17) is 28.5 Å². The largest absolute Gasteiger partial charge is 0.339 e. The van der Waals surface area contributed by atoms with Crippen LogP contribution >= 0.6 is 23.2 Å². The van der Waals surface area contributed by atoms with Gasteiger partial charge in [0.15, 0.2) is 0 Å². The van der Waals surface area contributed by atoms with Crippen LogP contribution in [-0.4, -0.2) is 9.78 Å². The highest BCUT2D eigenvalue weighted by atomic mass is 35.5. The van der Waals surface area contributed by atoms with Crippen molar-refractivity contribution in [1.29, 1.82) is 5.26 Å². The minimum atomic E-state index is 0.592. The summed E-state index contributed by atoms with van der Waals surface area (Å²) in [6, 6.07) is 15.2. The number of allylic oxidation sites excluding steroid dienone is 1. The predicted octanol–water partition coefficient (Wildman–Crippen LogP) is 5.89. The highest BCUT2D eigenvalue weighted by molar-refractivity contribution is 6.36. The summed E-state index contributed by atoms with van der Waals surface area (Å²) in [4.78, 5) is 0. The molecule has 0 saturated carbocycles. The molecule has 1 aromatic heterocycles. The Bertz CT molecular complexity index is 1120. The second kappa shape index (κ2) is 6.77. The summed E-state index contributed by atoms with van der Waals surface area (Å²) in [5.74, 6) is 0.904. The molecular formula is C21H16Cl2N4.